The Kier molecular flexibility index (Phi) is 4.05. The van der Waals surface area contributed by atoms with Crippen LogP contribution in [-0.4, -0.2) is 12.0 Å². The van der Waals surface area contributed by atoms with Crippen molar-refractivity contribution in [1.29, 1.82) is 0 Å². The summed E-state index contributed by atoms with van der Waals surface area (Å²) in [4.78, 5) is 0. The third-order valence-corrected chi connectivity index (χ3v) is 2.57. The largest absolute Gasteiger partial charge is 0.492 e. The number of ether oxygens (including phenoxy) is 1. The fourth-order valence-corrected chi connectivity index (χ4v) is 1.65. The minimum absolute atomic E-state index is 0.0313. The average molecular weight is 247 g/mol. The van der Waals surface area contributed by atoms with Crippen molar-refractivity contribution in [3.05, 3.63) is 54.6 Å². The molecule has 1 atom stereocenters. The van der Waals surface area contributed by atoms with Crippen molar-refractivity contribution in [3.63, 3.8) is 0 Å². The van der Waals surface area contributed by atoms with Gasteiger partial charge >= 0.3 is 0 Å². The molecule has 0 fully saturated rings. The van der Waals surface area contributed by atoms with Gasteiger partial charge in [0, 0.05) is 0 Å². The van der Waals surface area contributed by atoms with E-state index >= 15 is 0 Å². The van der Waals surface area contributed by atoms with Crippen LogP contribution in [0.1, 0.15) is 6.92 Å². The van der Waals surface area contributed by atoms with Gasteiger partial charge in [-0.1, -0.05) is 42.5 Å². The molecule has 2 heteroatoms. The predicted molar refractivity (Wildman–Crippen MR) is 72.7 cm³/mol. The summed E-state index contributed by atoms with van der Waals surface area (Å²) in [5.74, 6) is 0.859. The van der Waals surface area contributed by atoms with Crippen LogP contribution in [0, 0.1) is 0 Å². The lowest BCUT2D eigenvalue weighted by Crippen LogP contribution is -2.06. The van der Waals surface area contributed by atoms with Gasteiger partial charge in [-0.3, -0.25) is 0 Å². The van der Waals surface area contributed by atoms with Gasteiger partial charge in [0.1, 0.15) is 12.4 Å². The number of halogens is 1. The highest BCUT2D eigenvalue weighted by Crippen LogP contribution is 2.22. The first-order valence-electron chi connectivity index (χ1n) is 5.68. The van der Waals surface area contributed by atoms with Crippen molar-refractivity contribution >= 4 is 11.6 Å². The molecule has 17 heavy (non-hydrogen) atoms. The SMILES string of the molecule is C[C@H](Cl)COc1ccc(-c2ccccc2)cc1. The average Bonchev–Trinajstić information content (AvgIpc) is 2.38. The van der Waals surface area contributed by atoms with E-state index in [-0.39, 0.29) is 5.38 Å². The molecule has 0 amide bonds. The van der Waals surface area contributed by atoms with Gasteiger partial charge in [0.25, 0.3) is 0 Å². The number of benzene rings is 2. The molecule has 0 aliphatic heterocycles. The van der Waals surface area contributed by atoms with Crippen LogP contribution in [0.4, 0.5) is 0 Å². The van der Waals surface area contributed by atoms with Crippen molar-refractivity contribution in [2.75, 3.05) is 6.61 Å². The maximum atomic E-state index is 5.83. The summed E-state index contributed by atoms with van der Waals surface area (Å²) in [7, 11) is 0. The zero-order valence-electron chi connectivity index (χ0n) is 9.77. The number of rotatable bonds is 4. The molecule has 88 valence electrons. The Morgan fingerprint density at radius 2 is 1.53 bits per heavy atom. The van der Waals surface area contributed by atoms with Gasteiger partial charge < -0.3 is 4.74 Å². The third-order valence-electron chi connectivity index (χ3n) is 2.44. The van der Waals surface area contributed by atoms with Crippen LogP contribution in [0.25, 0.3) is 11.1 Å². The van der Waals surface area contributed by atoms with Gasteiger partial charge in [-0.15, -0.1) is 11.6 Å². The minimum atomic E-state index is 0.0313. The van der Waals surface area contributed by atoms with Crippen molar-refractivity contribution in [2.24, 2.45) is 0 Å². The van der Waals surface area contributed by atoms with Crippen molar-refractivity contribution < 1.29 is 4.74 Å². The highest BCUT2D eigenvalue weighted by molar-refractivity contribution is 6.20. The maximum Gasteiger partial charge on any atom is 0.119 e. The van der Waals surface area contributed by atoms with Gasteiger partial charge in [0.2, 0.25) is 0 Å². The smallest absolute Gasteiger partial charge is 0.119 e. The van der Waals surface area contributed by atoms with Crippen LogP contribution in [0.3, 0.4) is 0 Å². The Labute approximate surface area is 107 Å². The second-order valence-electron chi connectivity index (χ2n) is 3.98. The monoisotopic (exact) mass is 246 g/mol. The van der Waals surface area contributed by atoms with Gasteiger partial charge in [-0.05, 0) is 30.2 Å². The highest BCUT2D eigenvalue weighted by atomic mass is 35.5. The lowest BCUT2D eigenvalue weighted by molar-refractivity contribution is 0.320. The summed E-state index contributed by atoms with van der Waals surface area (Å²) < 4.78 is 5.53. The van der Waals surface area contributed by atoms with E-state index in [0.717, 1.165) is 5.75 Å². The van der Waals surface area contributed by atoms with Crippen molar-refractivity contribution in [1.82, 2.24) is 0 Å². The van der Waals surface area contributed by atoms with Gasteiger partial charge in [-0.2, -0.15) is 0 Å². The quantitative estimate of drug-likeness (QED) is 0.729. The lowest BCUT2D eigenvalue weighted by Gasteiger charge is -2.08. The molecule has 1 nitrogen and oxygen atoms in total. The fourth-order valence-electron chi connectivity index (χ4n) is 1.59. The lowest BCUT2D eigenvalue weighted by atomic mass is 10.1. The summed E-state index contributed by atoms with van der Waals surface area (Å²) in [5, 5.41) is 0.0313. The molecule has 0 aliphatic rings. The number of hydrogen-bond acceptors (Lipinski definition) is 1. The first kappa shape index (κ1) is 12.0. The molecule has 0 saturated heterocycles. The Morgan fingerprint density at radius 1 is 0.941 bits per heavy atom. The van der Waals surface area contributed by atoms with Crippen LogP contribution in [0.15, 0.2) is 54.6 Å². The van der Waals surface area contributed by atoms with E-state index in [1.807, 2.05) is 37.3 Å². The van der Waals surface area contributed by atoms with E-state index in [2.05, 4.69) is 24.3 Å². The Hall–Kier alpha value is -1.47. The molecule has 0 aromatic heterocycles. The maximum absolute atomic E-state index is 5.83. The molecule has 2 aromatic carbocycles. The van der Waals surface area contributed by atoms with E-state index in [4.69, 9.17) is 16.3 Å². The molecule has 0 heterocycles. The second-order valence-corrected chi connectivity index (χ2v) is 4.73. The molecule has 0 N–H and O–H groups in total. The normalized spacial score (nSPS) is 12.1. The van der Waals surface area contributed by atoms with Crippen LogP contribution in [0.2, 0.25) is 0 Å². The summed E-state index contributed by atoms with van der Waals surface area (Å²) in [6.45, 7) is 2.45. The summed E-state index contributed by atoms with van der Waals surface area (Å²) in [6, 6.07) is 18.3. The first-order chi connectivity index (χ1) is 8.25. The van der Waals surface area contributed by atoms with Crippen molar-refractivity contribution in [3.8, 4) is 16.9 Å². The Morgan fingerprint density at radius 3 is 2.12 bits per heavy atom. The van der Waals surface area contributed by atoms with E-state index in [9.17, 15) is 0 Å². The Balaban J connectivity index is 2.08. The Bertz CT molecular complexity index is 448. The summed E-state index contributed by atoms with van der Waals surface area (Å²) in [5.41, 5.74) is 2.40. The topological polar surface area (TPSA) is 9.23 Å². The second kappa shape index (κ2) is 5.74. The fraction of sp³-hybridized carbons (Fsp3) is 0.200. The molecule has 0 unspecified atom stereocenters. The number of hydrogen-bond donors (Lipinski definition) is 0. The molecular weight excluding hydrogens is 232 g/mol. The molecule has 0 saturated carbocycles. The van der Waals surface area contributed by atoms with E-state index in [1.165, 1.54) is 11.1 Å². The van der Waals surface area contributed by atoms with Crippen LogP contribution >= 0.6 is 11.6 Å². The zero-order chi connectivity index (χ0) is 12.1. The van der Waals surface area contributed by atoms with E-state index < -0.39 is 0 Å². The molecular formula is C15H15ClO. The van der Waals surface area contributed by atoms with Gasteiger partial charge in [0.05, 0.1) is 5.38 Å². The molecule has 0 radical (unpaired) electrons. The summed E-state index contributed by atoms with van der Waals surface area (Å²) in [6.07, 6.45) is 0. The molecule has 2 rings (SSSR count). The van der Waals surface area contributed by atoms with E-state index in [1.54, 1.807) is 0 Å². The standard InChI is InChI=1S/C15H15ClO/c1-12(16)11-17-15-9-7-14(8-10-15)13-5-3-2-4-6-13/h2-10,12H,11H2,1H3/t12-/m0/s1. The van der Waals surface area contributed by atoms with Crippen molar-refractivity contribution in [2.45, 2.75) is 12.3 Å². The predicted octanol–water partition coefficient (Wildman–Crippen LogP) is 4.36. The molecule has 2 aromatic rings. The van der Waals surface area contributed by atoms with E-state index in [0.29, 0.717) is 6.61 Å². The zero-order valence-corrected chi connectivity index (χ0v) is 10.5. The van der Waals surface area contributed by atoms with Gasteiger partial charge in [-0.25, -0.2) is 0 Å². The number of alkyl halides is 1. The van der Waals surface area contributed by atoms with Gasteiger partial charge in [0.15, 0.2) is 0 Å². The summed E-state index contributed by atoms with van der Waals surface area (Å²) >= 11 is 5.83. The molecule has 0 aliphatic carbocycles. The first-order valence-corrected chi connectivity index (χ1v) is 6.12. The minimum Gasteiger partial charge on any atom is -0.492 e. The third kappa shape index (κ3) is 3.50. The highest BCUT2D eigenvalue weighted by Gasteiger charge is 2.00. The van der Waals surface area contributed by atoms with Crippen LogP contribution < -0.4 is 4.74 Å². The molecule has 0 spiro atoms. The molecule has 0 bridgehead atoms. The van der Waals surface area contributed by atoms with Crippen LogP contribution in [0.5, 0.6) is 5.75 Å². The van der Waals surface area contributed by atoms with Crippen LogP contribution in [-0.2, 0) is 0 Å².